The number of pyridine rings is 1. The van der Waals surface area contributed by atoms with E-state index in [4.69, 9.17) is 0 Å². The highest BCUT2D eigenvalue weighted by atomic mass is 15.1. The number of aryl methyl sites for hydroxylation is 1. The average Bonchev–Trinajstić information content (AvgIpc) is 2.42. The highest BCUT2D eigenvalue weighted by Gasteiger charge is 2.04. The molecule has 0 aliphatic carbocycles. The van der Waals surface area contributed by atoms with Gasteiger partial charge in [-0.15, -0.1) is 0 Å². The van der Waals surface area contributed by atoms with Crippen LogP contribution in [0.3, 0.4) is 0 Å². The zero-order valence-corrected chi connectivity index (χ0v) is 13.0. The molecule has 1 N–H and O–H groups in total. The molecule has 1 heterocycles. The maximum absolute atomic E-state index is 4.57. The van der Waals surface area contributed by atoms with Crippen molar-refractivity contribution in [2.24, 2.45) is 0 Å². The summed E-state index contributed by atoms with van der Waals surface area (Å²) in [6.07, 6.45) is 1.14. The van der Waals surface area contributed by atoms with Gasteiger partial charge in [0.1, 0.15) is 0 Å². The van der Waals surface area contributed by atoms with Crippen LogP contribution in [-0.2, 0) is 0 Å². The summed E-state index contributed by atoms with van der Waals surface area (Å²) in [6.45, 7) is 8.61. The summed E-state index contributed by atoms with van der Waals surface area (Å²) in [4.78, 5) is 6.94. The van der Waals surface area contributed by atoms with E-state index in [1.807, 2.05) is 13.0 Å². The Hall–Kier alpha value is -1.61. The van der Waals surface area contributed by atoms with Crippen LogP contribution in [0.25, 0.3) is 10.9 Å². The largest absolute Gasteiger partial charge is 0.384 e. The molecule has 0 bridgehead atoms. The molecule has 2 aromatic rings. The number of para-hydroxylation sites is 1. The Kier molecular flexibility index (Phi) is 4.96. The van der Waals surface area contributed by atoms with Crippen molar-refractivity contribution in [1.82, 2.24) is 9.88 Å². The minimum atomic E-state index is 0.610. The molecule has 1 aromatic heterocycles. The summed E-state index contributed by atoms with van der Waals surface area (Å²) in [7, 11) is 2.18. The molecule has 0 spiro atoms. The van der Waals surface area contributed by atoms with Crippen molar-refractivity contribution in [1.29, 1.82) is 0 Å². The van der Waals surface area contributed by atoms with E-state index >= 15 is 0 Å². The lowest BCUT2D eigenvalue weighted by molar-refractivity contribution is 0.273. The first kappa shape index (κ1) is 14.8. The minimum absolute atomic E-state index is 0.610. The normalized spacial score (nSPS) is 11.5. The molecular formula is C17H25N3. The predicted octanol–water partition coefficient (Wildman–Crippen LogP) is 3.69. The van der Waals surface area contributed by atoms with Crippen LogP contribution in [-0.4, -0.2) is 36.1 Å². The Balaban J connectivity index is 1.99. The summed E-state index contributed by atoms with van der Waals surface area (Å²) >= 11 is 0. The van der Waals surface area contributed by atoms with E-state index in [0.717, 1.165) is 30.7 Å². The van der Waals surface area contributed by atoms with Crippen LogP contribution in [0.1, 0.15) is 26.0 Å². The second kappa shape index (κ2) is 6.71. The zero-order valence-electron chi connectivity index (χ0n) is 13.0. The molecule has 0 amide bonds. The van der Waals surface area contributed by atoms with Crippen molar-refractivity contribution in [2.45, 2.75) is 33.2 Å². The molecule has 0 unspecified atom stereocenters. The third-order valence-corrected chi connectivity index (χ3v) is 3.73. The quantitative estimate of drug-likeness (QED) is 0.812. The first-order valence-corrected chi connectivity index (χ1v) is 7.38. The fourth-order valence-corrected chi connectivity index (χ4v) is 2.26. The van der Waals surface area contributed by atoms with E-state index in [2.05, 4.69) is 60.4 Å². The first-order valence-electron chi connectivity index (χ1n) is 7.38. The number of hydrogen-bond acceptors (Lipinski definition) is 3. The van der Waals surface area contributed by atoms with Crippen LogP contribution in [0, 0.1) is 6.92 Å². The van der Waals surface area contributed by atoms with Crippen LogP contribution >= 0.6 is 0 Å². The smallest absolute Gasteiger partial charge is 0.0725 e. The SMILES string of the molecule is Cc1cc(NCCCN(C)C(C)C)c2ccccc2n1. The molecule has 0 aliphatic heterocycles. The molecule has 2 rings (SSSR count). The third-order valence-electron chi connectivity index (χ3n) is 3.73. The molecule has 3 heteroatoms. The molecule has 108 valence electrons. The molecule has 1 aromatic carbocycles. The van der Waals surface area contributed by atoms with Gasteiger partial charge in [-0.05, 0) is 52.9 Å². The number of fused-ring (bicyclic) bond motifs is 1. The number of benzene rings is 1. The van der Waals surface area contributed by atoms with Gasteiger partial charge in [0.05, 0.1) is 5.52 Å². The number of hydrogen-bond donors (Lipinski definition) is 1. The minimum Gasteiger partial charge on any atom is -0.384 e. The van der Waals surface area contributed by atoms with E-state index in [-0.39, 0.29) is 0 Å². The number of anilines is 1. The number of nitrogens with zero attached hydrogens (tertiary/aromatic N) is 2. The highest BCUT2D eigenvalue weighted by Crippen LogP contribution is 2.22. The zero-order chi connectivity index (χ0) is 14.5. The van der Waals surface area contributed by atoms with Gasteiger partial charge >= 0.3 is 0 Å². The Bertz CT molecular complexity index is 563. The second-order valence-corrected chi connectivity index (χ2v) is 5.68. The standard InChI is InChI=1S/C17H25N3/c1-13(2)20(4)11-7-10-18-17-12-14(3)19-16-9-6-5-8-15(16)17/h5-6,8-9,12-13H,7,10-11H2,1-4H3,(H,18,19). The van der Waals surface area contributed by atoms with Crippen LogP contribution in [0.4, 0.5) is 5.69 Å². The van der Waals surface area contributed by atoms with Crippen molar-refractivity contribution in [3.8, 4) is 0 Å². The average molecular weight is 271 g/mol. The van der Waals surface area contributed by atoms with Crippen LogP contribution < -0.4 is 5.32 Å². The van der Waals surface area contributed by atoms with Gasteiger partial charge < -0.3 is 10.2 Å². The van der Waals surface area contributed by atoms with Crippen molar-refractivity contribution in [3.05, 3.63) is 36.0 Å². The maximum Gasteiger partial charge on any atom is 0.0725 e. The molecule has 3 nitrogen and oxygen atoms in total. The monoisotopic (exact) mass is 271 g/mol. The van der Waals surface area contributed by atoms with Crippen molar-refractivity contribution in [2.75, 3.05) is 25.5 Å². The highest BCUT2D eigenvalue weighted by molar-refractivity contribution is 5.91. The van der Waals surface area contributed by atoms with Crippen LogP contribution in [0.2, 0.25) is 0 Å². The fourth-order valence-electron chi connectivity index (χ4n) is 2.26. The first-order chi connectivity index (χ1) is 9.58. The molecule has 0 aliphatic rings. The third kappa shape index (κ3) is 3.70. The number of aromatic nitrogens is 1. The Morgan fingerprint density at radius 3 is 2.75 bits per heavy atom. The van der Waals surface area contributed by atoms with E-state index in [1.54, 1.807) is 0 Å². The summed E-state index contributed by atoms with van der Waals surface area (Å²) in [5.74, 6) is 0. The molecule has 0 radical (unpaired) electrons. The summed E-state index contributed by atoms with van der Waals surface area (Å²) < 4.78 is 0. The number of nitrogens with one attached hydrogen (secondary N) is 1. The Morgan fingerprint density at radius 1 is 1.25 bits per heavy atom. The molecule has 0 fully saturated rings. The molecule has 0 atom stereocenters. The van der Waals surface area contributed by atoms with E-state index < -0.39 is 0 Å². The maximum atomic E-state index is 4.57. The summed E-state index contributed by atoms with van der Waals surface area (Å²) in [5.41, 5.74) is 3.32. The van der Waals surface area contributed by atoms with Crippen molar-refractivity contribution in [3.63, 3.8) is 0 Å². The molecule has 0 saturated carbocycles. The fraction of sp³-hybridized carbons (Fsp3) is 0.471. The van der Waals surface area contributed by atoms with E-state index in [1.165, 1.54) is 11.1 Å². The lowest BCUT2D eigenvalue weighted by Crippen LogP contribution is -2.28. The predicted molar refractivity (Wildman–Crippen MR) is 87.4 cm³/mol. The lowest BCUT2D eigenvalue weighted by atomic mass is 10.1. The van der Waals surface area contributed by atoms with Crippen molar-refractivity contribution < 1.29 is 0 Å². The molecular weight excluding hydrogens is 246 g/mol. The van der Waals surface area contributed by atoms with Crippen LogP contribution in [0.15, 0.2) is 30.3 Å². The summed E-state index contributed by atoms with van der Waals surface area (Å²) in [5, 5.41) is 4.76. The summed E-state index contributed by atoms with van der Waals surface area (Å²) in [6, 6.07) is 11.0. The van der Waals surface area contributed by atoms with E-state index in [0.29, 0.717) is 6.04 Å². The topological polar surface area (TPSA) is 28.2 Å². The van der Waals surface area contributed by atoms with Crippen molar-refractivity contribution >= 4 is 16.6 Å². The Labute approximate surface area is 122 Å². The van der Waals surface area contributed by atoms with Gasteiger partial charge in [-0.2, -0.15) is 0 Å². The lowest BCUT2D eigenvalue weighted by Gasteiger charge is -2.21. The van der Waals surface area contributed by atoms with Gasteiger partial charge in [0.2, 0.25) is 0 Å². The number of rotatable bonds is 6. The van der Waals surface area contributed by atoms with Gasteiger partial charge in [-0.3, -0.25) is 4.98 Å². The Morgan fingerprint density at radius 2 is 2.00 bits per heavy atom. The molecule has 20 heavy (non-hydrogen) atoms. The van der Waals surface area contributed by atoms with Gasteiger partial charge in [0.15, 0.2) is 0 Å². The van der Waals surface area contributed by atoms with E-state index in [9.17, 15) is 0 Å². The van der Waals surface area contributed by atoms with Gasteiger partial charge in [0.25, 0.3) is 0 Å². The van der Waals surface area contributed by atoms with Crippen LogP contribution in [0.5, 0.6) is 0 Å². The van der Waals surface area contributed by atoms with Gasteiger partial charge in [-0.1, -0.05) is 18.2 Å². The second-order valence-electron chi connectivity index (χ2n) is 5.68. The molecule has 0 saturated heterocycles. The van der Waals surface area contributed by atoms with Gasteiger partial charge in [0, 0.05) is 29.4 Å². The van der Waals surface area contributed by atoms with Gasteiger partial charge in [-0.25, -0.2) is 0 Å².